The minimum atomic E-state index is 0.279. The van der Waals surface area contributed by atoms with Crippen molar-refractivity contribution in [1.29, 1.82) is 0 Å². The first-order valence-corrected chi connectivity index (χ1v) is 14.9. The van der Waals surface area contributed by atoms with Crippen LogP contribution >= 0.6 is 0 Å². The van der Waals surface area contributed by atoms with E-state index in [1.807, 2.05) is 57.2 Å². The molecule has 0 spiro atoms. The summed E-state index contributed by atoms with van der Waals surface area (Å²) in [7, 11) is 3.78. The highest BCUT2D eigenvalue weighted by molar-refractivity contribution is 6.03. The van der Waals surface area contributed by atoms with Crippen LogP contribution in [0.4, 0.5) is 0 Å². The zero-order valence-electron chi connectivity index (χ0n) is 26.4. The molecule has 222 valence electrons. The van der Waals surface area contributed by atoms with E-state index in [1.54, 1.807) is 0 Å². The van der Waals surface area contributed by atoms with Gasteiger partial charge < -0.3 is 14.5 Å². The molecule has 43 heavy (non-hydrogen) atoms. The molecular formula is C37H44N6. The minimum absolute atomic E-state index is 0.279. The molecule has 4 aromatic rings. The number of fused-ring (bicyclic) bond motifs is 2. The SMILES string of the molecule is C=C\C(=C/C=C(C)/C(/C=C\Cn1c(C=C)c(CNC)c2ccncc21)=C/CC)n1c(C(C)C)c(C=NC)c2ccncc21. The first-order chi connectivity index (χ1) is 20.9. The number of pyridine rings is 2. The van der Waals surface area contributed by atoms with E-state index in [2.05, 4.69) is 113 Å². The van der Waals surface area contributed by atoms with Crippen molar-refractivity contribution in [2.24, 2.45) is 4.99 Å². The van der Waals surface area contributed by atoms with Gasteiger partial charge in [-0.1, -0.05) is 58.2 Å². The Hall–Kier alpha value is -4.55. The van der Waals surface area contributed by atoms with Gasteiger partial charge in [-0.3, -0.25) is 15.0 Å². The lowest BCUT2D eigenvalue weighted by atomic mass is 10.0. The summed E-state index contributed by atoms with van der Waals surface area (Å²) in [5.41, 5.74) is 10.2. The van der Waals surface area contributed by atoms with E-state index in [9.17, 15) is 0 Å². The van der Waals surface area contributed by atoms with Crippen molar-refractivity contribution in [3.8, 4) is 0 Å². The van der Waals surface area contributed by atoms with Crippen molar-refractivity contribution >= 4 is 39.8 Å². The zero-order chi connectivity index (χ0) is 30.9. The van der Waals surface area contributed by atoms with Crippen LogP contribution in [0, 0.1) is 0 Å². The van der Waals surface area contributed by atoms with E-state index in [-0.39, 0.29) is 5.92 Å². The standard InChI is InChI=1S/C37H44N6/c1-9-13-28(14-12-21-42-34(11-3)32(22-38-7)30-17-19-40-24-35(30)42)27(6)15-16-29(10-2)43-36-25-41-20-18-31(36)33(23-39-8)37(43)26(4)5/h10-20,23-26,38H,2-3,9,21-22H2,1,4-8H3/b14-12-,27-15+,28-13+,29-16+,39-23?. The number of aromatic nitrogens is 4. The quantitative estimate of drug-likeness (QED) is 0.129. The van der Waals surface area contributed by atoms with Crippen LogP contribution in [0.15, 0.2) is 103 Å². The molecule has 1 N–H and O–H groups in total. The van der Waals surface area contributed by atoms with E-state index < -0.39 is 0 Å². The van der Waals surface area contributed by atoms with Crippen LogP contribution in [0.3, 0.4) is 0 Å². The lowest BCUT2D eigenvalue weighted by Gasteiger charge is -2.15. The van der Waals surface area contributed by atoms with Crippen molar-refractivity contribution < 1.29 is 0 Å². The van der Waals surface area contributed by atoms with Gasteiger partial charge in [0, 0.05) is 72.2 Å². The maximum Gasteiger partial charge on any atom is 0.0722 e. The second kappa shape index (κ2) is 14.6. The van der Waals surface area contributed by atoms with Gasteiger partial charge in [-0.05, 0) is 73.4 Å². The lowest BCUT2D eigenvalue weighted by Crippen LogP contribution is -2.07. The molecule has 0 saturated carbocycles. The second-order valence-electron chi connectivity index (χ2n) is 10.8. The Morgan fingerprint density at radius 3 is 2.42 bits per heavy atom. The Morgan fingerprint density at radius 1 is 1.07 bits per heavy atom. The topological polar surface area (TPSA) is 60.0 Å². The van der Waals surface area contributed by atoms with Gasteiger partial charge in [-0.25, -0.2) is 0 Å². The molecule has 6 nitrogen and oxygen atoms in total. The van der Waals surface area contributed by atoms with Crippen molar-refractivity contribution in [2.45, 2.75) is 53.1 Å². The largest absolute Gasteiger partial charge is 0.336 e. The van der Waals surface area contributed by atoms with Gasteiger partial charge in [-0.15, -0.1) is 0 Å². The molecule has 0 atom stereocenters. The lowest BCUT2D eigenvalue weighted by molar-refractivity contribution is 0.796. The zero-order valence-corrected chi connectivity index (χ0v) is 26.4. The number of nitrogens with one attached hydrogen (secondary N) is 1. The molecule has 0 aliphatic rings. The van der Waals surface area contributed by atoms with Gasteiger partial charge >= 0.3 is 0 Å². The molecule has 0 radical (unpaired) electrons. The second-order valence-corrected chi connectivity index (χ2v) is 10.8. The van der Waals surface area contributed by atoms with Crippen molar-refractivity contribution in [1.82, 2.24) is 24.4 Å². The van der Waals surface area contributed by atoms with E-state index >= 15 is 0 Å². The fourth-order valence-electron chi connectivity index (χ4n) is 5.78. The molecule has 0 aliphatic carbocycles. The third-order valence-corrected chi connectivity index (χ3v) is 7.65. The minimum Gasteiger partial charge on any atom is -0.336 e. The third kappa shape index (κ3) is 6.45. The number of aliphatic imine (C=N–C) groups is 1. The average molecular weight is 573 g/mol. The van der Waals surface area contributed by atoms with Crippen LogP contribution < -0.4 is 5.32 Å². The first kappa shape index (κ1) is 31.4. The predicted octanol–water partition coefficient (Wildman–Crippen LogP) is 8.49. The normalized spacial score (nSPS) is 13.4. The molecule has 4 aromatic heterocycles. The number of hydrogen-bond donors (Lipinski definition) is 1. The highest BCUT2D eigenvalue weighted by Crippen LogP contribution is 2.33. The van der Waals surface area contributed by atoms with Crippen molar-refractivity contribution in [3.05, 3.63) is 120 Å². The molecule has 4 rings (SSSR count). The number of nitrogens with zero attached hydrogens (tertiary/aromatic N) is 5. The average Bonchev–Trinajstić information content (AvgIpc) is 3.50. The Labute approximate surface area is 256 Å². The Kier molecular flexibility index (Phi) is 10.6. The van der Waals surface area contributed by atoms with Crippen LogP contribution in [0.5, 0.6) is 0 Å². The summed E-state index contributed by atoms with van der Waals surface area (Å²) in [6.07, 6.45) is 25.3. The number of rotatable bonds is 13. The van der Waals surface area contributed by atoms with Crippen LogP contribution in [0.25, 0.3) is 33.6 Å². The Balaban J connectivity index is 1.71. The maximum absolute atomic E-state index is 4.44. The summed E-state index contributed by atoms with van der Waals surface area (Å²) < 4.78 is 4.55. The molecule has 0 fully saturated rings. The van der Waals surface area contributed by atoms with E-state index in [1.165, 1.54) is 27.8 Å². The van der Waals surface area contributed by atoms with Crippen LogP contribution in [0.1, 0.15) is 62.5 Å². The summed E-state index contributed by atoms with van der Waals surface area (Å²) in [5, 5.41) is 5.64. The molecular weight excluding hydrogens is 528 g/mol. The fourth-order valence-corrected chi connectivity index (χ4v) is 5.78. The predicted molar refractivity (Wildman–Crippen MR) is 186 cm³/mol. The Bertz CT molecular complexity index is 1770. The van der Waals surface area contributed by atoms with Gasteiger partial charge in [0.1, 0.15) is 0 Å². The summed E-state index contributed by atoms with van der Waals surface area (Å²) in [6, 6.07) is 4.15. The van der Waals surface area contributed by atoms with Gasteiger partial charge in [-0.2, -0.15) is 0 Å². The summed E-state index contributed by atoms with van der Waals surface area (Å²) in [6.45, 7) is 18.5. The van der Waals surface area contributed by atoms with Crippen molar-refractivity contribution in [3.63, 3.8) is 0 Å². The molecule has 0 saturated heterocycles. The van der Waals surface area contributed by atoms with Crippen molar-refractivity contribution in [2.75, 3.05) is 14.1 Å². The molecule has 0 aromatic carbocycles. The first-order valence-electron chi connectivity index (χ1n) is 14.9. The molecule has 0 amide bonds. The van der Waals surface area contributed by atoms with E-state index in [4.69, 9.17) is 0 Å². The monoisotopic (exact) mass is 572 g/mol. The van der Waals surface area contributed by atoms with Crippen LogP contribution in [0.2, 0.25) is 0 Å². The Morgan fingerprint density at radius 2 is 1.79 bits per heavy atom. The summed E-state index contributed by atoms with van der Waals surface area (Å²) in [4.78, 5) is 13.2. The van der Waals surface area contributed by atoms with E-state index in [0.717, 1.165) is 52.9 Å². The van der Waals surface area contributed by atoms with Gasteiger partial charge in [0.15, 0.2) is 0 Å². The number of hydrogen-bond acceptors (Lipinski definition) is 4. The van der Waals surface area contributed by atoms with Gasteiger partial charge in [0.2, 0.25) is 0 Å². The third-order valence-electron chi connectivity index (χ3n) is 7.65. The molecule has 0 bridgehead atoms. The molecule has 0 aliphatic heterocycles. The summed E-state index contributed by atoms with van der Waals surface area (Å²) in [5.74, 6) is 0.279. The van der Waals surface area contributed by atoms with Gasteiger partial charge in [0.25, 0.3) is 0 Å². The van der Waals surface area contributed by atoms with E-state index in [0.29, 0.717) is 0 Å². The molecule has 6 heteroatoms. The highest BCUT2D eigenvalue weighted by atomic mass is 15.0. The fraction of sp³-hybridized carbons (Fsp3) is 0.270. The molecule has 4 heterocycles. The molecule has 0 unspecified atom stereocenters. The summed E-state index contributed by atoms with van der Waals surface area (Å²) >= 11 is 0. The van der Waals surface area contributed by atoms with Crippen LogP contribution in [-0.4, -0.2) is 39.4 Å². The maximum atomic E-state index is 4.44. The van der Waals surface area contributed by atoms with Gasteiger partial charge in [0.05, 0.1) is 23.4 Å². The highest BCUT2D eigenvalue weighted by Gasteiger charge is 2.20. The number of allylic oxidation sites excluding steroid dienone is 9. The van der Waals surface area contributed by atoms with Crippen LogP contribution in [-0.2, 0) is 13.1 Å². The smallest absolute Gasteiger partial charge is 0.0722 e.